The Balaban J connectivity index is 1.68. The molecule has 2 aromatic rings. The minimum atomic E-state index is 0.146. The SMILES string of the molecule is CC(C)Cc1cn[nH]c1C1CCCN(Cc2ccc(O)c(Cl)c2)C1. The molecule has 0 amide bonds. The van der Waals surface area contributed by atoms with Crippen molar-refractivity contribution >= 4 is 11.6 Å². The molecule has 2 heterocycles. The van der Waals surface area contributed by atoms with Crippen LogP contribution < -0.4 is 0 Å². The van der Waals surface area contributed by atoms with E-state index < -0.39 is 0 Å². The van der Waals surface area contributed by atoms with Crippen LogP contribution in [-0.2, 0) is 13.0 Å². The summed E-state index contributed by atoms with van der Waals surface area (Å²) in [5, 5.41) is 17.5. The molecule has 0 saturated carbocycles. The second kappa shape index (κ2) is 7.58. The summed E-state index contributed by atoms with van der Waals surface area (Å²) in [4.78, 5) is 2.47. The highest BCUT2D eigenvalue weighted by atomic mass is 35.5. The van der Waals surface area contributed by atoms with Gasteiger partial charge in [0.05, 0.1) is 11.2 Å². The molecular formula is C19H26ClN3O. The van der Waals surface area contributed by atoms with E-state index in [2.05, 4.69) is 28.9 Å². The Morgan fingerprint density at radius 3 is 3.00 bits per heavy atom. The second-order valence-corrected chi connectivity index (χ2v) is 7.67. The number of rotatable bonds is 5. The van der Waals surface area contributed by atoms with Crippen molar-refractivity contribution in [1.29, 1.82) is 0 Å². The first kappa shape index (κ1) is 17.3. The number of halogens is 1. The quantitative estimate of drug-likeness (QED) is 0.845. The third kappa shape index (κ3) is 4.11. The van der Waals surface area contributed by atoms with Crippen LogP contribution in [0.5, 0.6) is 5.75 Å². The summed E-state index contributed by atoms with van der Waals surface area (Å²) in [6.45, 7) is 7.50. The Morgan fingerprint density at radius 2 is 2.25 bits per heavy atom. The first-order chi connectivity index (χ1) is 11.5. The minimum Gasteiger partial charge on any atom is -0.506 e. The van der Waals surface area contributed by atoms with Crippen molar-refractivity contribution in [3.8, 4) is 5.75 Å². The summed E-state index contributed by atoms with van der Waals surface area (Å²) in [6, 6.07) is 5.49. The van der Waals surface area contributed by atoms with Gasteiger partial charge in [0.1, 0.15) is 5.75 Å². The maximum Gasteiger partial charge on any atom is 0.134 e. The zero-order chi connectivity index (χ0) is 17.1. The van der Waals surface area contributed by atoms with E-state index in [0.29, 0.717) is 16.9 Å². The highest BCUT2D eigenvalue weighted by Gasteiger charge is 2.25. The zero-order valence-electron chi connectivity index (χ0n) is 14.4. The summed E-state index contributed by atoms with van der Waals surface area (Å²) in [6.07, 6.45) is 5.47. The molecule has 1 unspecified atom stereocenters. The monoisotopic (exact) mass is 347 g/mol. The van der Waals surface area contributed by atoms with Gasteiger partial charge in [0, 0.05) is 24.7 Å². The van der Waals surface area contributed by atoms with Crippen LogP contribution in [0, 0.1) is 5.92 Å². The molecule has 5 heteroatoms. The van der Waals surface area contributed by atoms with E-state index in [1.807, 2.05) is 18.3 Å². The number of hydrogen-bond donors (Lipinski definition) is 2. The van der Waals surface area contributed by atoms with Crippen molar-refractivity contribution in [2.45, 2.75) is 45.6 Å². The maximum atomic E-state index is 9.56. The lowest BCUT2D eigenvalue weighted by Gasteiger charge is -2.33. The van der Waals surface area contributed by atoms with E-state index in [0.717, 1.165) is 31.6 Å². The molecule has 1 aliphatic rings. The molecule has 0 bridgehead atoms. The van der Waals surface area contributed by atoms with E-state index >= 15 is 0 Å². The van der Waals surface area contributed by atoms with Crippen molar-refractivity contribution in [3.63, 3.8) is 0 Å². The van der Waals surface area contributed by atoms with Crippen molar-refractivity contribution in [3.05, 3.63) is 46.2 Å². The van der Waals surface area contributed by atoms with Crippen LogP contribution in [0.15, 0.2) is 24.4 Å². The fourth-order valence-electron chi connectivity index (χ4n) is 3.62. The molecule has 4 nitrogen and oxygen atoms in total. The first-order valence-corrected chi connectivity index (χ1v) is 9.12. The van der Waals surface area contributed by atoms with E-state index in [4.69, 9.17) is 11.6 Å². The molecule has 1 aromatic carbocycles. The predicted molar refractivity (Wildman–Crippen MR) is 97.5 cm³/mol. The van der Waals surface area contributed by atoms with Crippen molar-refractivity contribution in [2.75, 3.05) is 13.1 Å². The molecule has 130 valence electrons. The van der Waals surface area contributed by atoms with E-state index in [1.165, 1.54) is 24.1 Å². The number of nitrogens with one attached hydrogen (secondary N) is 1. The lowest BCUT2D eigenvalue weighted by molar-refractivity contribution is 0.198. The lowest BCUT2D eigenvalue weighted by atomic mass is 9.90. The Kier molecular flexibility index (Phi) is 5.47. The summed E-state index contributed by atoms with van der Waals surface area (Å²) in [5.74, 6) is 1.30. The van der Waals surface area contributed by atoms with E-state index in [9.17, 15) is 5.11 Å². The average molecular weight is 348 g/mol. The van der Waals surface area contributed by atoms with Crippen molar-refractivity contribution < 1.29 is 5.11 Å². The largest absolute Gasteiger partial charge is 0.506 e. The summed E-state index contributed by atoms with van der Waals surface area (Å²) >= 11 is 6.03. The Hall–Kier alpha value is -1.52. The molecule has 2 N–H and O–H groups in total. The number of hydrogen-bond acceptors (Lipinski definition) is 3. The van der Waals surface area contributed by atoms with Gasteiger partial charge in [-0.3, -0.25) is 10.00 Å². The lowest BCUT2D eigenvalue weighted by Crippen LogP contribution is -2.34. The topological polar surface area (TPSA) is 52.2 Å². The van der Waals surface area contributed by atoms with Crippen LogP contribution in [-0.4, -0.2) is 33.3 Å². The van der Waals surface area contributed by atoms with Gasteiger partial charge in [0.15, 0.2) is 0 Å². The van der Waals surface area contributed by atoms with Gasteiger partial charge in [0.2, 0.25) is 0 Å². The van der Waals surface area contributed by atoms with Gasteiger partial charge in [0.25, 0.3) is 0 Å². The second-order valence-electron chi connectivity index (χ2n) is 7.27. The number of aromatic hydroxyl groups is 1. The Morgan fingerprint density at radius 1 is 1.42 bits per heavy atom. The molecule has 3 rings (SSSR count). The molecule has 24 heavy (non-hydrogen) atoms. The Labute approximate surface area is 148 Å². The van der Waals surface area contributed by atoms with Crippen molar-refractivity contribution in [1.82, 2.24) is 15.1 Å². The summed E-state index contributed by atoms with van der Waals surface area (Å²) < 4.78 is 0. The van der Waals surface area contributed by atoms with Crippen LogP contribution in [0.3, 0.4) is 0 Å². The summed E-state index contributed by atoms with van der Waals surface area (Å²) in [7, 11) is 0. The zero-order valence-corrected chi connectivity index (χ0v) is 15.2. The van der Waals surface area contributed by atoms with Gasteiger partial charge in [-0.1, -0.05) is 31.5 Å². The van der Waals surface area contributed by atoms with Gasteiger partial charge < -0.3 is 5.11 Å². The van der Waals surface area contributed by atoms with E-state index in [1.54, 1.807) is 6.07 Å². The molecule has 1 aromatic heterocycles. The van der Waals surface area contributed by atoms with Crippen molar-refractivity contribution in [2.24, 2.45) is 5.92 Å². The smallest absolute Gasteiger partial charge is 0.134 e. The Bertz CT molecular complexity index is 683. The normalized spacial score (nSPS) is 19.1. The molecule has 0 spiro atoms. The fraction of sp³-hybridized carbons (Fsp3) is 0.526. The molecule has 1 aliphatic heterocycles. The molecule has 0 radical (unpaired) electrons. The number of phenols is 1. The molecular weight excluding hydrogens is 322 g/mol. The standard InChI is InChI=1S/C19H26ClN3O/c1-13(2)8-16-10-21-22-19(16)15-4-3-7-23(12-15)11-14-5-6-18(24)17(20)9-14/h5-6,9-10,13,15,24H,3-4,7-8,11-12H2,1-2H3,(H,21,22). The number of likely N-dealkylation sites (tertiary alicyclic amines) is 1. The molecule has 0 aliphatic carbocycles. The van der Waals surface area contributed by atoms with Crippen LogP contribution in [0.25, 0.3) is 0 Å². The molecule has 1 atom stereocenters. The third-order valence-electron chi connectivity index (χ3n) is 4.71. The average Bonchev–Trinajstić information content (AvgIpc) is 2.98. The molecule has 1 saturated heterocycles. The first-order valence-electron chi connectivity index (χ1n) is 8.75. The number of benzene rings is 1. The fourth-order valence-corrected chi connectivity index (χ4v) is 3.82. The highest BCUT2D eigenvalue weighted by molar-refractivity contribution is 6.32. The van der Waals surface area contributed by atoms with Gasteiger partial charge >= 0.3 is 0 Å². The minimum absolute atomic E-state index is 0.146. The van der Waals surface area contributed by atoms with Crippen LogP contribution >= 0.6 is 11.6 Å². The van der Waals surface area contributed by atoms with Gasteiger partial charge in [-0.15, -0.1) is 0 Å². The predicted octanol–water partition coefficient (Wildman–Crippen LogP) is 4.35. The van der Waals surface area contributed by atoms with Gasteiger partial charge in [-0.2, -0.15) is 5.10 Å². The van der Waals surface area contributed by atoms with Crippen LogP contribution in [0.4, 0.5) is 0 Å². The number of phenolic OH excluding ortho intramolecular Hbond substituents is 1. The number of piperidine rings is 1. The van der Waals surface area contributed by atoms with E-state index in [-0.39, 0.29) is 5.75 Å². The number of aromatic nitrogens is 2. The number of aromatic amines is 1. The van der Waals surface area contributed by atoms with Gasteiger partial charge in [-0.05, 0) is 55.0 Å². The van der Waals surface area contributed by atoms with Gasteiger partial charge in [-0.25, -0.2) is 0 Å². The summed E-state index contributed by atoms with van der Waals surface area (Å²) in [5.41, 5.74) is 3.83. The number of H-pyrrole nitrogens is 1. The number of nitrogens with zero attached hydrogens (tertiary/aromatic N) is 2. The maximum absolute atomic E-state index is 9.56. The van der Waals surface area contributed by atoms with Crippen LogP contribution in [0.2, 0.25) is 5.02 Å². The van der Waals surface area contributed by atoms with Crippen LogP contribution in [0.1, 0.15) is 49.4 Å². The third-order valence-corrected chi connectivity index (χ3v) is 5.01. The molecule has 1 fully saturated rings. The highest BCUT2D eigenvalue weighted by Crippen LogP contribution is 2.30.